The van der Waals surface area contributed by atoms with Crippen molar-refractivity contribution in [3.63, 3.8) is 0 Å². The van der Waals surface area contributed by atoms with E-state index in [4.69, 9.17) is 9.84 Å². The third-order valence-electron chi connectivity index (χ3n) is 3.80. The fraction of sp³-hybridized carbons (Fsp3) is 0.333. The van der Waals surface area contributed by atoms with E-state index in [1.165, 1.54) is 12.3 Å². The van der Waals surface area contributed by atoms with Crippen molar-refractivity contribution >= 4 is 12.1 Å². The van der Waals surface area contributed by atoms with Gasteiger partial charge in [-0.3, -0.25) is 4.79 Å². The lowest BCUT2D eigenvalue weighted by atomic mass is 10.1. The predicted molar refractivity (Wildman–Crippen MR) is 86.2 cm³/mol. The number of phenols is 1. The van der Waals surface area contributed by atoms with Gasteiger partial charge in [0, 0.05) is 5.56 Å². The Kier molecular flexibility index (Phi) is 5.23. The molecular weight excluding hydrogens is 346 g/mol. The van der Waals surface area contributed by atoms with Crippen LogP contribution in [0.4, 0.5) is 0 Å². The molecule has 3 rings (SSSR count). The molecule has 1 aromatic carbocycles. The number of hydrogen-bond acceptors (Lipinski definition) is 9. The summed E-state index contributed by atoms with van der Waals surface area (Å²) in [5.74, 6) is -0.948. The molecule has 0 saturated carbocycles. The first-order valence-corrected chi connectivity index (χ1v) is 7.66. The van der Waals surface area contributed by atoms with Gasteiger partial charge >= 0.3 is 5.91 Å². The van der Waals surface area contributed by atoms with E-state index in [0.29, 0.717) is 5.56 Å². The number of ether oxygens (including phenoxy) is 1. The van der Waals surface area contributed by atoms with E-state index >= 15 is 0 Å². The lowest BCUT2D eigenvalue weighted by Crippen LogP contribution is -2.33. The first-order chi connectivity index (χ1) is 12.5. The van der Waals surface area contributed by atoms with E-state index in [0.717, 1.165) is 11.0 Å². The van der Waals surface area contributed by atoms with Gasteiger partial charge in [-0.1, -0.05) is 12.1 Å². The molecule has 4 atom stereocenters. The number of nitrogens with zero attached hydrogens (tertiary/aromatic N) is 4. The van der Waals surface area contributed by atoms with Crippen molar-refractivity contribution in [2.45, 2.75) is 24.5 Å². The van der Waals surface area contributed by atoms with Gasteiger partial charge in [0.05, 0.1) is 12.8 Å². The average molecular weight is 363 g/mol. The van der Waals surface area contributed by atoms with Gasteiger partial charge in [0.25, 0.3) is 0 Å². The molecule has 26 heavy (non-hydrogen) atoms. The molecule has 11 nitrogen and oxygen atoms in total. The maximum atomic E-state index is 12.0. The second kappa shape index (κ2) is 7.58. The van der Waals surface area contributed by atoms with Crippen LogP contribution in [-0.2, 0) is 4.74 Å². The van der Waals surface area contributed by atoms with Crippen molar-refractivity contribution in [1.29, 1.82) is 0 Å². The molecule has 11 heteroatoms. The van der Waals surface area contributed by atoms with E-state index < -0.39 is 37.1 Å². The highest BCUT2D eigenvalue weighted by atomic mass is 16.6. The van der Waals surface area contributed by atoms with Crippen LogP contribution in [0.15, 0.2) is 35.7 Å². The number of benzene rings is 1. The number of aliphatic hydroxyl groups excluding tert-OH is 3. The van der Waals surface area contributed by atoms with Gasteiger partial charge in [-0.05, 0) is 12.1 Å². The standard InChI is InChI=1S/C15H17N5O6/c21-6-10-11(23)12(24)15(26-10)20-7-16-13(19-20)14(25)18-17-5-8-3-1-2-4-9(8)22/h1-5,7,10-12,15,21-24H,6H2,(H,18,25)/b17-5-/t10-,11-,12-,15-/m1/s1. The highest BCUT2D eigenvalue weighted by Crippen LogP contribution is 2.28. The van der Waals surface area contributed by atoms with Gasteiger partial charge in [-0.2, -0.15) is 5.10 Å². The number of rotatable bonds is 5. The van der Waals surface area contributed by atoms with Crippen LogP contribution < -0.4 is 5.43 Å². The second-order valence-electron chi connectivity index (χ2n) is 5.53. The summed E-state index contributed by atoms with van der Waals surface area (Å²) in [5.41, 5.74) is 2.62. The number of hydrogen-bond donors (Lipinski definition) is 5. The van der Waals surface area contributed by atoms with Crippen molar-refractivity contribution < 1.29 is 30.0 Å². The lowest BCUT2D eigenvalue weighted by molar-refractivity contribution is -0.0588. The fourth-order valence-electron chi connectivity index (χ4n) is 2.41. The molecular formula is C15H17N5O6. The van der Waals surface area contributed by atoms with Gasteiger partial charge in [-0.25, -0.2) is 15.1 Å². The van der Waals surface area contributed by atoms with Gasteiger partial charge in [0.15, 0.2) is 6.23 Å². The molecule has 1 aromatic heterocycles. The number of carbonyl (C=O) groups is 1. The van der Waals surface area contributed by atoms with Crippen molar-refractivity contribution in [1.82, 2.24) is 20.2 Å². The van der Waals surface area contributed by atoms with Crippen molar-refractivity contribution in [2.75, 3.05) is 6.61 Å². The van der Waals surface area contributed by atoms with E-state index in [-0.39, 0.29) is 11.6 Å². The molecule has 1 aliphatic rings. The number of phenolic OH excluding ortho intramolecular Hbond substituents is 1. The number of carbonyl (C=O) groups excluding carboxylic acids is 1. The van der Waals surface area contributed by atoms with Crippen LogP contribution >= 0.6 is 0 Å². The van der Waals surface area contributed by atoms with Gasteiger partial charge in [-0.15, -0.1) is 5.10 Å². The second-order valence-corrected chi connectivity index (χ2v) is 5.53. The Bertz CT molecular complexity index is 809. The van der Waals surface area contributed by atoms with E-state index in [9.17, 15) is 20.1 Å². The van der Waals surface area contributed by atoms with Crippen molar-refractivity contribution in [2.24, 2.45) is 5.10 Å². The molecule has 0 spiro atoms. The largest absolute Gasteiger partial charge is 0.507 e. The number of amides is 1. The molecule has 0 bridgehead atoms. The molecule has 1 aliphatic heterocycles. The molecule has 1 fully saturated rings. The first kappa shape index (κ1) is 17.9. The maximum Gasteiger partial charge on any atom is 0.310 e. The summed E-state index contributed by atoms with van der Waals surface area (Å²) < 4.78 is 6.36. The Balaban J connectivity index is 1.64. The van der Waals surface area contributed by atoms with Crippen LogP contribution in [0.25, 0.3) is 0 Å². The van der Waals surface area contributed by atoms with Crippen molar-refractivity contribution in [3.05, 3.63) is 42.0 Å². The summed E-state index contributed by atoms with van der Waals surface area (Å²) >= 11 is 0. The minimum absolute atomic E-state index is 0.0114. The number of aliphatic hydroxyl groups is 3. The maximum absolute atomic E-state index is 12.0. The van der Waals surface area contributed by atoms with E-state index in [2.05, 4.69) is 20.6 Å². The molecule has 1 saturated heterocycles. The zero-order valence-electron chi connectivity index (χ0n) is 13.4. The normalized spacial score (nSPS) is 25.7. The summed E-state index contributed by atoms with van der Waals surface area (Å²) in [6.07, 6.45) is -2.24. The molecule has 5 N–H and O–H groups in total. The highest BCUT2D eigenvalue weighted by Gasteiger charge is 2.44. The molecule has 2 heterocycles. The molecule has 0 unspecified atom stereocenters. The predicted octanol–water partition coefficient (Wildman–Crippen LogP) is -1.64. The smallest absolute Gasteiger partial charge is 0.310 e. The van der Waals surface area contributed by atoms with Crippen LogP contribution in [0, 0.1) is 0 Å². The number of hydrazone groups is 1. The van der Waals surface area contributed by atoms with Gasteiger partial charge in [0.1, 0.15) is 30.4 Å². The number of aromatic hydroxyl groups is 1. The van der Waals surface area contributed by atoms with Gasteiger partial charge < -0.3 is 25.2 Å². The Morgan fingerprint density at radius 1 is 1.35 bits per heavy atom. The Morgan fingerprint density at radius 3 is 2.81 bits per heavy atom. The Hall–Kier alpha value is -2.86. The van der Waals surface area contributed by atoms with Crippen LogP contribution in [0.3, 0.4) is 0 Å². The fourth-order valence-corrected chi connectivity index (χ4v) is 2.41. The van der Waals surface area contributed by atoms with Crippen LogP contribution in [0.2, 0.25) is 0 Å². The highest BCUT2D eigenvalue weighted by molar-refractivity contribution is 5.91. The quantitative estimate of drug-likeness (QED) is 0.312. The summed E-state index contributed by atoms with van der Waals surface area (Å²) in [6, 6.07) is 6.44. The number of aromatic nitrogens is 3. The SMILES string of the molecule is O=C(N/N=C\c1ccccc1O)c1ncn([C@@H]2O[C@H](CO)[C@@H](O)[C@H]2O)n1. The molecule has 0 radical (unpaired) electrons. The number of nitrogens with one attached hydrogen (secondary N) is 1. The summed E-state index contributed by atoms with van der Waals surface area (Å²) in [7, 11) is 0. The average Bonchev–Trinajstić information content (AvgIpc) is 3.23. The Morgan fingerprint density at radius 2 is 2.12 bits per heavy atom. The molecule has 0 aliphatic carbocycles. The summed E-state index contributed by atoms with van der Waals surface area (Å²) in [6.45, 7) is -0.474. The lowest BCUT2D eigenvalue weighted by Gasteiger charge is -2.13. The first-order valence-electron chi connectivity index (χ1n) is 7.66. The van der Waals surface area contributed by atoms with Crippen LogP contribution in [0.1, 0.15) is 22.4 Å². The Labute approximate surface area is 147 Å². The van der Waals surface area contributed by atoms with Crippen LogP contribution in [0.5, 0.6) is 5.75 Å². The van der Waals surface area contributed by atoms with Crippen LogP contribution in [-0.4, -0.2) is 72.2 Å². The summed E-state index contributed by atoms with van der Waals surface area (Å²) in [5, 5.41) is 45.9. The minimum Gasteiger partial charge on any atom is -0.507 e. The molecule has 138 valence electrons. The topological polar surface area (TPSA) is 162 Å². The van der Waals surface area contributed by atoms with Crippen molar-refractivity contribution in [3.8, 4) is 5.75 Å². The van der Waals surface area contributed by atoms with E-state index in [1.807, 2.05) is 0 Å². The summed E-state index contributed by atoms with van der Waals surface area (Å²) in [4.78, 5) is 15.8. The third-order valence-corrected chi connectivity index (χ3v) is 3.80. The third kappa shape index (κ3) is 3.55. The monoisotopic (exact) mass is 363 g/mol. The molecule has 1 amide bonds. The minimum atomic E-state index is -1.33. The number of para-hydroxylation sites is 1. The zero-order valence-corrected chi connectivity index (χ0v) is 13.4. The van der Waals surface area contributed by atoms with Gasteiger partial charge in [0.2, 0.25) is 5.82 Å². The zero-order chi connectivity index (χ0) is 18.7. The molecule has 2 aromatic rings. The van der Waals surface area contributed by atoms with E-state index in [1.54, 1.807) is 18.2 Å².